The summed E-state index contributed by atoms with van der Waals surface area (Å²) < 4.78 is 7.92. The number of hydrogen-bond donors (Lipinski definition) is 2. The van der Waals surface area contributed by atoms with Crippen molar-refractivity contribution in [2.24, 2.45) is 4.99 Å². The molecule has 0 saturated carbocycles. The summed E-state index contributed by atoms with van der Waals surface area (Å²) in [6.07, 6.45) is 0.988. The maximum Gasteiger partial charge on any atom is 0.191 e. The number of aromatic nitrogens is 2. The van der Waals surface area contributed by atoms with Crippen LogP contribution >= 0.6 is 24.0 Å². The summed E-state index contributed by atoms with van der Waals surface area (Å²) >= 11 is 0. The SMILES string of the molecule is CN=C(NCCCn1nc(C)cc1C)NCc1cccc(COC(C)(C)C)c1.I. The summed E-state index contributed by atoms with van der Waals surface area (Å²) in [5.74, 6) is 0.810. The zero-order chi connectivity index (χ0) is 20.6. The number of benzene rings is 1. The second-order valence-corrected chi connectivity index (χ2v) is 8.08. The summed E-state index contributed by atoms with van der Waals surface area (Å²) in [5.41, 5.74) is 4.53. The highest BCUT2D eigenvalue weighted by atomic mass is 127. The zero-order valence-electron chi connectivity index (χ0n) is 18.6. The van der Waals surface area contributed by atoms with Gasteiger partial charge < -0.3 is 15.4 Å². The summed E-state index contributed by atoms with van der Waals surface area (Å²) in [6, 6.07) is 10.6. The van der Waals surface area contributed by atoms with Crippen LogP contribution in [0.1, 0.15) is 49.7 Å². The Bertz CT molecular complexity index is 780. The Morgan fingerprint density at radius 1 is 1.14 bits per heavy atom. The molecular formula is C22H36IN5O. The molecule has 0 atom stereocenters. The van der Waals surface area contributed by atoms with Crippen LogP contribution in [0.15, 0.2) is 35.3 Å². The number of rotatable bonds is 8. The van der Waals surface area contributed by atoms with Crippen LogP contribution in [0, 0.1) is 13.8 Å². The predicted octanol–water partition coefficient (Wildman–Crippen LogP) is 4.19. The number of guanidine groups is 1. The first-order valence-electron chi connectivity index (χ1n) is 9.94. The van der Waals surface area contributed by atoms with Gasteiger partial charge in [-0.1, -0.05) is 24.3 Å². The minimum atomic E-state index is -0.131. The predicted molar refractivity (Wildman–Crippen MR) is 131 cm³/mol. The van der Waals surface area contributed by atoms with Gasteiger partial charge in [-0.2, -0.15) is 5.10 Å². The third kappa shape index (κ3) is 9.62. The minimum Gasteiger partial charge on any atom is -0.371 e. The molecule has 0 bridgehead atoms. The number of nitrogens with one attached hydrogen (secondary N) is 2. The van der Waals surface area contributed by atoms with E-state index in [-0.39, 0.29) is 29.6 Å². The molecule has 0 radical (unpaired) electrons. The average Bonchev–Trinajstić information content (AvgIpc) is 2.96. The van der Waals surface area contributed by atoms with Gasteiger partial charge in [0.05, 0.1) is 17.9 Å². The highest BCUT2D eigenvalue weighted by Crippen LogP contribution is 2.13. The number of nitrogens with zero attached hydrogens (tertiary/aromatic N) is 3. The fourth-order valence-electron chi connectivity index (χ4n) is 2.87. The first-order valence-corrected chi connectivity index (χ1v) is 9.94. The Morgan fingerprint density at radius 2 is 1.86 bits per heavy atom. The van der Waals surface area contributed by atoms with Crippen molar-refractivity contribution in [1.29, 1.82) is 0 Å². The molecule has 2 rings (SSSR count). The largest absolute Gasteiger partial charge is 0.371 e. The van der Waals surface area contributed by atoms with Gasteiger partial charge in [-0.25, -0.2) is 0 Å². The van der Waals surface area contributed by atoms with E-state index in [0.717, 1.165) is 37.7 Å². The highest BCUT2D eigenvalue weighted by molar-refractivity contribution is 14.0. The zero-order valence-corrected chi connectivity index (χ0v) is 20.9. The van der Waals surface area contributed by atoms with Crippen molar-refractivity contribution in [3.8, 4) is 0 Å². The Kier molecular flexibility index (Phi) is 10.7. The van der Waals surface area contributed by atoms with Crippen LogP contribution in [-0.4, -0.2) is 34.9 Å². The van der Waals surface area contributed by atoms with Crippen molar-refractivity contribution in [1.82, 2.24) is 20.4 Å². The van der Waals surface area contributed by atoms with Gasteiger partial charge in [0, 0.05) is 32.4 Å². The van der Waals surface area contributed by atoms with E-state index in [1.165, 1.54) is 16.8 Å². The maximum atomic E-state index is 5.87. The van der Waals surface area contributed by atoms with Crippen molar-refractivity contribution in [2.45, 2.75) is 66.3 Å². The van der Waals surface area contributed by atoms with Crippen LogP contribution in [0.3, 0.4) is 0 Å². The molecule has 1 aromatic heterocycles. The standard InChI is InChI=1S/C22H35N5O.HI/c1-17-13-18(2)27(26-17)12-8-11-24-21(23-6)25-15-19-9-7-10-20(14-19)16-28-22(3,4)5;/h7,9-10,13-14H,8,11-12,15-16H2,1-6H3,(H2,23,24,25);1H. The second-order valence-electron chi connectivity index (χ2n) is 8.08. The van der Waals surface area contributed by atoms with Crippen molar-refractivity contribution in [3.05, 3.63) is 52.8 Å². The van der Waals surface area contributed by atoms with E-state index in [4.69, 9.17) is 4.74 Å². The molecule has 1 heterocycles. The average molecular weight is 513 g/mol. The number of aliphatic imine (C=N–C) groups is 1. The van der Waals surface area contributed by atoms with Crippen LogP contribution in [0.4, 0.5) is 0 Å². The number of ether oxygens (including phenoxy) is 1. The van der Waals surface area contributed by atoms with Gasteiger partial charge in [-0.3, -0.25) is 9.67 Å². The van der Waals surface area contributed by atoms with Gasteiger partial charge in [-0.05, 0) is 58.2 Å². The van der Waals surface area contributed by atoms with Gasteiger partial charge in [0.1, 0.15) is 0 Å². The Labute approximate surface area is 192 Å². The van der Waals surface area contributed by atoms with Crippen LogP contribution in [-0.2, 0) is 24.4 Å². The molecule has 0 saturated heterocycles. The van der Waals surface area contributed by atoms with Crippen molar-refractivity contribution in [3.63, 3.8) is 0 Å². The van der Waals surface area contributed by atoms with Gasteiger partial charge in [0.2, 0.25) is 0 Å². The first-order chi connectivity index (χ1) is 13.3. The van der Waals surface area contributed by atoms with Crippen molar-refractivity contribution < 1.29 is 4.74 Å². The van der Waals surface area contributed by atoms with E-state index >= 15 is 0 Å². The molecule has 0 spiro atoms. The lowest BCUT2D eigenvalue weighted by molar-refractivity contribution is -0.0149. The van der Waals surface area contributed by atoms with Crippen molar-refractivity contribution >= 4 is 29.9 Å². The molecule has 7 heteroatoms. The molecule has 1 aromatic carbocycles. The van der Waals surface area contributed by atoms with Gasteiger partial charge >= 0.3 is 0 Å². The normalized spacial score (nSPS) is 11.9. The highest BCUT2D eigenvalue weighted by Gasteiger charge is 2.10. The Morgan fingerprint density at radius 3 is 2.48 bits per heavy atom. The number of halogens is 1. The third-order valence-electron chi connectivity index (χ3n) is 4.29. The van der Waals surface area contributed by atoms with Gasteiger partial charge in [0.15, 0.2) is 5.96 Å². The van der Waals surface area contributed by atoms with E-state index in [1.807, 2.05) is 6.92 Å². The monoisotopic (exact) mass is 513 g/mol. The number of aryl methyl sites for hydroxylation is 3. The molecule has 2 N–H and O–H groups in total. The number of hydrogen-bond acceptors (Lipinski definition) is 3. The van der Waals surface area contributed by atoms with Gasteiger partial charge in [0.25, 0.3) is 0 Å². The van der Waals surface area contributed by atoms with Crippen molar-refractivity contribution in [2.75, 3.05) is 13.6 Å². The third-order valence-corrected chi connectivity index (χ3v) is 4.29. The fraction of sp³-hybridized carbons (Fsp3) is 0.545. The second kappa shape index (κ2) is 12.2. The lowest BCUT2D eigenvalue weighted by atomic mass is 10.1. The molecule has 0 amide bonds. The topological polar surface area (TPSA) is 63.5 Å². The molecule has 0 aliphatic carbocycles. The van der Waals surface area contributed by atoms with Crippen LogP contribution < -0.4 is 10.6 Å². The Balaban J connectivity index is 0.00000420. The fourth-order valence-corrected chi connectivity index (χ4v) is 2.87. The van der Waals surface area contributed by atoms with Crippen LogP contribution in [0.25, 0.3) is 0 Å². The summed E-state index contributed by atoms with van der Waals surface area (Å²) in [5, 5.41) is 11.2. The van der Waals surface area contributed by atoms with Crippen LogP contribution in [0.2, 0.25) is 0 Å². The van der Waals surface area contributed by atoms with Crippen LogP contribution in [0.5, 0.6) is 0 Å². The molecule has 2 aromatic rings. The Hall–Kier alpha value is -1.61. The molecule has 6 nitrogen and oxygen atoms in total. The first kappa shape index (κ1) is 25.4. The molecule has 0 unspecified atom stereocenters. The summed E-state index contributed by atoms with van der Waals surface area (Å²) in [4.78, 5) is 4.31. The lowest BCUT2D eigenvalue weighted by Crippen LogP contribution is -2.37. The quantitative estimate of drug-likeness (QED) is 0.241. The molecule has 0 aliphatic heterocycles. The summed E-state index contributed by atoms with van der Waals surface area (Å²) in [6.45, 7) is 13.4. The molecule has 162 valence electrons. The molecule has 0 aliphatic rings. The minimum absolute atomic E-state index is 0. The van der Waals surface area contributed by atoms with E-state index in [0.29, 0.717) is 6.61 Å². The van der Waals surface area contributed by atoms with E-state index in [9.17, 15) is 0 Å². The van der Waals surface area contributed by atoms with E-state index < -0.39 is 0 Å². The van der Waals surface area contributed by atoms with E-state index in [2.05, 4.69) is 83.4 Å². The van der Waals surface area contributed by atoms with E-state index in [1.54, 1.807) is 7.05 Å². The lowest BCUT2D eigenvalue weighted by Gasteiger charge is -2.19. The smallest absolute Gasteiger partial charge is 0.191 e. The molecule has 0 fully saturated rings. The van der Waals surface area contributed by atoms with Gasteiger partial charge in [-0.15, -0.1) is 24.0 Å². The maximum absolute atomic E-state index is 5.87. The summed E-state index contributed by atoms with van der Waals surface area (Å²) in [7, 11) is 1.80. The molecule has 29 heavy (non-hydrogen) atoms. The molecular weight excluding hydrogens is 477 g/mol.